The lowest BCUT2D eigenvalue weighted by Gasteiger charge is -2.21. The molecule has 0 atom stereocenters. The first-order valence-corrected chi connectivity index (χ1v) is 6.47. The number of rotatable bonds is 3. The van der Waals surface area contributed by atoms with E-state index in [4.69, 9.17) is 11.6 Å². The van der Waals surface area contributed by atoms with E-state index in [2.05, 4.69) is 0 Å². The van der Waals surface area contributed by atoms with E-state index >= 15 is 0 Å². The molecule has 3 nitrogen and oxygen atoms in total. The molecule has 0 saturated heterocycles. The molecule has 0 spiro atoms. The number of halogens is 2. The maximum Gasteiger partial charge on any atom is 0.259 e. The van der Waals surface area contributed by atoms with Crippen LogP contribution in [0.3, 0.4) is 0 Å². The quantitative estimate of drug-likeness (QED) is 0.934. The molecule has 0 aliphatic rings. The maximum absolute atomic E-state index is 13.4. The van der Waals surface area contributed by atoms with E-state index in [1.807, 2.05) is 0 Å². The Labute approximate surface area is 121 Å². The molecule has 0 heterocycles. The molecule has 2 aromatic rings. The van der Waals surface area contributed by atoms with Gasteiger partial charge in [0.1, 0.15) is 11.6 Å². The average Bonchev–Trinajstić information content (AvgIpc) is 2.42. The van der Waals surface area contributed by atoms with Crippen molar-refractivity contribution in [2.75, 3.05) is 11.4 Å². The first-order valence-electron chi connectivity index (χ1n) is 6.09. The minimum absolute atomic E-state index is 0.0547. The van der Waals surface area contributed by atoms with Gasteiger partial charge in [0, 0.05) is 18.3 Å². The fraction of sp³-hybridized carbons (Fsp3) is 0.133. The average molecular weight is 294 g/mol. The summed E-state index contributed by atoms with van der Waals surface area (Å²) < 4.78 is 13.4. The highest BCUT2D eigenvalue weighted by atomic mass is 35.5. The predicted molar refractivity (Wildman–Crippen MR) is 76.9 cm³/mol. The third-order valence-corrected chi connectivity index (χ3v) is 3.27. The topological polar surface area (TPSA) is 40.5 Å². The van der Waals surface area contributed by atoms with Gasteiger partial charge in [0.2, 0.25) is 0 Å². The van der Waals surface area contributed by atoms with Crippen LogP contribution in [0.2, 0.25) is 5.02 Å². The zero-order valence-corrected chi connectivity index (χ0v) is 11.6. The number of carbonyl (C=O) groups is 1. The SMILES string of the molecule is CCN(C(=O)c1cccc(F)c1Cl)c1cccc(O)c1. The van der Waals surface area contributed by atoms with Crippen molar-refractivity contribution in [2.24, 2.45) is 0 Å². The van der Waals surface area contributed by atoms with Crippen LogP contribution in [0.1, 0.15) is 17.3 Å². The molecule has 2 aromatic carbocycles. The Hall–Kier alpha value is -2.07. The highest BCUT2D eigenvalue weighted by Gasteiger charge is 2.20. The van der Waals surface area contributed by atoms with E-state index in [0.29, 0.717) is 12.2 Å². The Balaban J connectivity index is 2.42. The Morgan fingerprint density at radius 1 is 1.30 bits per heavy atom. The van der Waals surface area contributed by atoms with Crippen molar-refractivity contribution < 1.29 is 14.3 Å². The number of aromatic hydroxyl groups is 1. The molecule has 104 valence electrons. The highest BCUT2D eigenvalue weighted by Crippen LogP contribution is 2.25. The van der Waals surface area contributed by atoms with Gasteiger partial charge in [-0.2, -0.15) is 0 Å². The minimum Gasteiger partial charge on any atom is -0.508 e. The van der Waals surface area contributed by atoms with Crippen LogP contribution in [0, 0.1) is 5.82 Å². The van der Waals surface area contributed by atoms with E-state index in [9.17, 15) is 14.3 Å². The van der Waals surface area contributed by atoms with E-state index in [1.165, 1.54) is 35.2 Å². The number of carbonyl (C=O) groups excluding carboxylic acids is 1. The van der Waals surface area contributed by atoms with Gasteiger partial charge in [-0.05, 0) is 31.2 Å². The van der Waals surface area contributed by atoms with Crippen LogP contribution in [-0.4, -0.2) is 17.6 Å². The third-order valence-electron chi connectivity index (χ3n) is 2.88. The molecule has 1 N–H and O–H groups in total. The van der Waals surface area contributed by atoms with Gasteiger partial charge in [-0.25, -0.2) is 4.39 Å². The highest BCUT2D eigenvalue weighted by molar-refractivity contribution is 6.34. The summed E-state index contributed by atoms with van der Waals surface area (Å²) in [5, 5.41) is 9.29. The number of amides is 1. The minimum atomic E-state index is -0.635. The summed E-state index contributed by atoms with van der Waals surface area (Å²) >= 11 is 5.84. The second-order valence-electron chi connectivity index (χ2n) is 4.17. The molecular formula is C15H13ClFNO2. The molecule has 0 aliphatic heterocycles. The van der Waals surface area contributed by atoms with E-state index in [1.54, 1.807) is 19.1 Å². The second-order valence-corrected chi connectivity index (χ2v) is 4.55. The van der Waals surface area contributed by atoms with Gasteiger partial charge in [-0.3, -0.25) is 4.79 Å². The lowest BCUT2D eigenvalue weighted by atomic mass is 10.1. The zero-order chi connectivity index (χ0) is 14.7. The van der Waals surface area contributed by atoms with Crippen LogP contribution in [0.5, 0.6) is 5.75 Å². The molecular weight excluding hydrogens is 281 g/mol. The standard InChI is InChI=1S/C15H13ClFNO2/c1-2-18(10-5-3-6-11(19)9-10)15(20)12-7-4-8-13(17)14(12)16/h3-9,19H,2H2,1H3. The van der Waals surface area contributed by atoms with Gasteiger partial charge in [0.25, 0.3) is 5.91 Å². The summed E-state index contributed by atoms with van der Waals surface area (Å²) in [5.74, 6) is -0.994. The van der Waals surface area contributed by atoms with Gasteiger partial charge in [0.05, 0.1) is 10.6 Å². The fourth-order valence-corrected chi connectivity index (χ4v) is 2.13. The summed E-state index contributed by atoms with van der Waals surface area (Å²) in [6.45, 7) is 2.16. The van der Waals surface area contributed by atoms with Gasteiger partial charge >= 0.3 is 0 Å². The van der Waals surface area contributed by atoms with Crippen molar-refractivity contribution in [3.8, 4) is 5.75 Å². The first kappa shape index (κ1) is 14.3. The van der Waals surface area contributed by atoms with Gasteiger partial charge in [-0.15, -0.1) is 0 Å². The van der Waals surface area contributed by atoms with Crippen molar-refractivity contribution in [3.63, 3.8) is 0 Å². The Kier molecular flexibility index (Phi) is 4.25. The zero-order valence-electron chi connectivity index (χ0n) is 10.8. The molecule has 0 bridgehead atoms. The summed E-state index contributed by atoms with van der Waals surface area (Å²) in [4.78, 5) is 13.9. The summed E-state index contributed by atoms with van der Waals surface area (Å²) in [7, 11) is 0. The van der Waals surface area contributed by atoms with Gasteiger partial charge < -0.3 is 10.0 Å². The molecule has 0 fully saturated rings. The van der Waals surface area contributed by atoms with Crippen LogP contribution >= 0.6 is 11.6 Å². The lowest BCUT2D eigenvalue weighted by molar-refractivity contribution is 0.0988. The molecule has 0 unspecified atom stereocenters. The molecule has 0 aromatic heterocycles. The maximum atomic E-state index is 13.4. The summed E-state index contributed by atoms with van der Waals surface area (Å²) in [5.41, 5.74) is 0.620. The van der Waals surface area contributed by atoms with Crippen LogP contribution in [0.4, 0.5) is 10.1 Å². The molecule has 0 radical (unpaired) electrons. The number of benzene rings is 2. The van der Waals surface area contributed by atoms with Crippen LogP contribution in [0.25, 0.3) is 0 Å². The van der Waals surface area contributed by atoms with Crippen molar-refractivity contribution in [1.82, 2.24) is 0 Å². The fourth-order valence-electron chi connectivity index (χ4n) is 1.92. The number of anilines is 1. The van der Waals surface area contributed by atoms with E-state index in [-0.39, 0.29) is 16.3 Å². The van der Waals surface area contributed by atoms with Gasteiger partial charge in [0.15, 0.2) is 0 Å². The van der Waals surface area contributed by atoms with Crippen LogP contribution in [0.15, 0.2) is 42.5 Å². The summed E-state index contributed by atoms with van der Waals surface area (Å²) in [6.07, 6.45) is 0. The molecule has 2 rings (SSSR count). The Morgan fingerprint density at radius 3 is 2.65 bits per heavy atom. The first-order chi connectivity index (χ1) is 9.54. The van der Waals surface area contributed by atoms with E-state index in [0.717, 1.165) is 0 Å². The molecule has 0 saturated carbocycles. The number of phenols is 1. The van der Waals surface area contributed by atoms with Crippen LogP contribution in [-0.2, 0) is 0 Å². The monoisotopic (exact) mass is 293 g/mol. The van der Waals surface area contributed by atoms with Crippen molar-refractivity contribution in [3.05, 3.63) is 58.9 Å². The molecule has 1 amide bonds. The van der Waals surface area contributed by atoms with Crippen molar-refractivity contribution >= 4 is 23.2 Å². The number of hydrogen-bond donors (Lipinski definition) is 1. The summed E-state index contributed by atoms with van der Waals surface area (Å²) in [6, 6.07) is 10.4. The second kappa shape index (κ2) is 5.92. The number of nitrogens with zero attached hydrogens (tertiary/aromatic N) is 1. The smallest absolute Gasteiger partial charge is 0.259 e. The lowest BCUT2D eigenvalue weighted by Crippen LogP contribution is -2.30. The third kappa shape index (κ3) is 2.75. The Bertz CT molecular complexity index is 646. The molecule has 0 aliphatic carbocycles. The molecule has 20 heavy (non-hydrogen) atoms. The largest absolute Gasteiger partial charge is 0.508 e. The van der Waals surface area contributed by atoms with Crippen molar-refractivity contribution in [1.29, 1.82) is 0 Å². The number of phenolic OH excluding ortho intramolecular Hbond substituents is 1. The van der Waals surface area contributed by atoms with Crippen molar-refractivity contribution in [2.45, 2.75) is 6.92 Å². The number of hydrogen-bond acceptors (Lipinski definition) is 2. The Morgan fingerprint density at radius 2 is 2.00 bits per heavy atom. The molecule has 5 heteroatoms. The van der Waals surface area contributed by atoms with E-state index < -0.39 is 11.7 Å². The van der Waals surface area contributed by atoms with Crippen LogP contribution < -0.4 is 4.90 Å². The normalized spacial score (nSPS) is 10.3. The predicted octanol–water partition coefficient (Wildman–Crippen LogP) is 3.85. The van der Waals surface area contributed by atoms with Gasteiger partial charge in [-0.1, -0.05) is 23.7 Å².